The number of amides is 1. The van der Waals surface area contributed by atoms with Crippen molar-refractivity contribution in [2.75, 3.05) is 23.0 Å². The van der Waals surface area contributed by atoms with E-state index in [1.165, 1.54) is 23.5 Å². The van der Waals surface area contributed by atoms with E-state index in [9.17, 15) is 19.5 Å². The van der Waals surface area contributed by atoms with Crippen LogP contribution < -0.4 is 5.32 Å². The number of carboxylic acid groups (broad SMARTS) is 1. The summed E-state index contributed by atoms with van der Waals surface area (Å²) in [5.74, 6) is 0.0352. The molecule has 1 aromatic carbocycles. The summed E-state index contributed by atoms with van der Waals surface area (Å²) >= 11 is 2.72. The zero-order chi connectivity index (χ0) is 16.0. The molecule has 1 atom stereocenters. The van der Waals surface area contributed by atoms with Gasteiger partial charge in [0.2, 0.25) is 5.91 Å². The van der Waals surface area contributed by atoms with Gasteiger partial charge in [0, 0.05) is 11.3 Å². The molecule has 7 heteroatoms. The van der Waals surface area contributed by atoms with E-state index in [2.05, 4.69) is 5.32 Å². The number of hydrogen-bond acceptors (Lipinski definition) is 5. The maximum atomic E-state index is 11.9. The van der Waals surface area contributed by atoms with Gasteiger partial charge in [-0.25, -0.2) is 4.79 Å². The average molecular weight is 339 g/mol. The van der Waals surface area contributed by atoms with Gasteiger partial charge in [-0.05, 0) is 12.2 Å². The standard InChI is InChI=1S/C15H17NO4S2/c17-12(11-4-2-1-3-5-11)8-22-9-13(18)16-15(14(19)20)6-7-21-10-15/h1-5H,6-10H2,(H,16,18)(H,19,20). The average Bonchev–Trinajstić information content (AvgIpc) is 2.98. The zero-order valence-corrected chi connectivity index (χ0v) is 13.5. The van der Waals surface area contributed by atoms with Crippen molar-refractivity contribution < 1.29 is 19.5 Å². The molecule has 0 spiro atoms. The summed E-state index contributed by atoms with van der Waals surface area (Å²) in [6, 6.07) is 8.89. The molecule has 1 aromatic rings. The molecule has 2 N–H and O–H groups in total. The van der Waals surface area contributed by atoms with Crippen molar-refractivity contribution in [2.45, 2.75) is 12.0 Å². The minimum absolute atomic E-state index is 0.0391. The van der Waals surface area contributed by atoms with Crippen molar-refractivity contribution in [3.05, 3.63) is 35.9 Å². The summed E-state index contributed by atoms with van der Waals surface area (Å²) in [5.41, 5.74) is -0.532. The second-order valence-electron chi connectivity index (χ2n) is 5.02. The maximum absolute atomic E-state index is 11.9. The monoisotopic (exact) mass is 339 g/mol. The fraction of sp³-hybridized carbons (Fsp3) is 0.400. The number of nitrogens with one attached hydrogen (secondary N) is 1. The third kappa shape index (κ3) is 4.27. The van der Waals surface area contributed by atoms with Crippen molar-refractivity contribution in [2.24, 2.45) is 0 Å². The van der Waals surface area contributed by atoms with E-state index in [0.29, 0.717) is 17.7 Å². The first-order valence-electron chi connectivity index (χ1n) is 6.82. The van der Waals surface area contributed by atoms with Crippen molar-refractivity contribution >= 4 is 41.2 Å². The normalized spacial score (nSPS) is 20.5. The molecular weight excluding hydrogens is 322 g/mol. The van der Waals surface area contributed by atoms with Crippen molar-refractivity contribution in [1.29, 1.82) is 0 Å². The van der Waals surface area contributed by atoms with Gasteiger partial charge in [-0.3, -0.25) is 9.59 Å². The molecule has 0 aromatic heterocycles. The number of rotatable bonds is 7. The molecule has 1 saturated heterocycles. The molecule has 0 saturated carbocycles. The minimum atomic E-state index is -1.15. The summed E-state index contributed by atoms with van der Waals surface area (Å²) < 4.78 is 0. The Morgan fingerprint density at radius 3 is 2.55 bits per heavy atom. The third-order valence-corrected chi connectivity index (χ3v) is 5.49. The Hall–Kier alpha value is -1.47. The summed E-state index contributed by atoms with van der Waals surface area (Å²) in [6.07, 6.45) is 0.437. The maximum Gasteiger partial charge on any atom is 0.330 e. The van der Waals surface area contributed by atoms with Gasteiger partial charge in [-0.1, -0.05) is 30.3 Å². The molecule has 1 aliphatic rings. The van der Waals surface area contributed by atoms with Crippen LogP contribution >= 0.6 is 23.5 Å². The Morgan fingerprint density at radius 2 is 1.95 bits per heavy atom. The van der Waals surface area contributed by atoms with Crippen LogP contribution in [0.3, 0.4) is 0 Å². The van der Waals surface area contributed by atoms with Gasteiger partial charge >= 0.3 is 5.97 Å². The Labute approximate surface area is 137 Å². The number of benzene rings is 1. The SMILES string of the molecule is O=C(CSCC(=O)c1ccccc1)NC1(C(=O)O)CCSC1. The van der Waals surface area contributed by atoms with E-state index in [1.54, 1.807) is 24.3 Å². The van der Waals surface area contributed by atoms with Crippen molar-refractivity contribution in [3.63, 3.8) is 0 Å². The van der Waals surface area contributed by atoms with Crippen LogP contribution in [-0.4, -0.2) is 51.3 Å². The predicted molar refractivity (Wildman–Crippen MR) is 88.5 cm³/mol. The van der Waals surface area contributed by atoms with Crippen LogP contribution in [0.4, 0.5) is 0 Å². The highest BCUT2D eigenvalue weighted by atomic mass is 32.2. The van der Waals surface area contributed by atoms with E-state index < -0.39 is 11.5 Å². The molecule has 5 nitrogen and oxygen atoms in total. The van der Waals surface area contributed by atoms with Crippen LogP contribution in [0.1, 0.15) is 16.8 Å². The minimum Gasteiger partial charge on any atom is -0.479 e. The second-order valence-corrected chi connectivity index (χ2v) is 7.11. The molecule has 0 aliphatic carbocycles. The lowest BCUT2D eigenvalue weighted by Gasteiger charge is -2.24. The molecule has 1 unspecified atom stereocenters. The fourth-order valence-corrected chi connectivity index (χ4v) is 4.17. The van der Waals surface area contributed by atoms with Crippen LogP contribution in [0, 0.1) is 0 Å². The zero-order valence-electron chi connectivity index (χ0n) is 11.9. The molecule has 2 rings (SSSR count). The van der Waals surface area contributed by atoms with Gasteiger partial charge in [0.15, 0.2) is 5.78 Å². The molecule has 1 fully saturated rings. The molecule has 0 radical (unpaired) electrons. The van der Waals surface area contributed by atoms with Crippen molar-refractivity contribution in [1.82, 2.24) is 5.32 Å². The Morgan fingerprint density at radius 1 is 1.23 bits per heavy atom. The first-order valence-corrected chi connectivity index (χ1v) is 9.12. The number of Topliss-reactive ketones (excluding diaryl/α,β-unsaturated/α-hetero) is 1. The Bertz CT molecular complexity index is 556. The second kappa shape index (κ2) is 7.69. The summed E-state index contributed by atoms with van der Waals surface area (Å²) in [5, 5.41) is 11.9. The highest BCUT2D eigenvalue weighted by Crippen LogP contribution is 2.28. The first-order chi connectivity index (χ1) is 10.5. The van der Waals surface area contributed by atoms with Gasteiger partial charge in [0.25, 0.3) is 0 Å². The molecular formula is C15H17NO4S2. The highest BCUT2D eigenvalue weighted by Gasteiger charge is 2.43. The largest absolute Gasteiger partial charge is 0.479 e. The summed E-state index contributed by atoms with van der Waals surface area (Å²) in [4.78, 5) is 35.1. The summed E-state index contributed by atoms with van der Waals surface area (Å²) in [6.45, 7) is 0. The quantitative estimate of drug-likeness (QED) is 0.736. The number of carbonyl (C=O) groups excluding carboxylic acids is 2. The van der Waals surface area contributed by atoms with Crippen LogP contribution in [0.5, 0.6) is 0 Å². The Balaban J connectivity index is 1.78. The van der Waals surface area contributed by atoms with Crippen LogP contribution in [0.15, 0.2) is 30.3 Å². The van der Waals surface area contributed by atoms with E-state index in [4.69, 9.17) is 0 Å². The van der Waals surface area contributed by atoms with Gasteiger partial charge < -0.3 is 10.4 Å². The number of aliphatic carboxylic acids is 1. The highest BCUT2D eigenvalue weighted by molar-refractivity contribution is 8.00. The lowest BCUT2D eigenvalue weighted by molar-refractivity contribution is -0.146. The molecule has 22 heavy (non-hydrogen) atoms. The topological polar surface area (TPSA) is 83.5 Å². The lowest BCUT2D eigenvalue weighted by atomic mass is 9.99. The van der Waals surface area contributed by atoms with Crippen LogP contribution in [0.25, 0.3) is 0 Å². The number of hydrogen-bond donors (Lipinski definition) is 2. The smallest absolute Gasteiger partial charge is 0.330 e. The number of carboxylic acids is 1. The van der Waals surface area contributed by atoms with E-state index >= 15 is 0 Å². The fourth-order valence-electron chi connectivity index (χ4n) is 2.13. The molecule has 1 aliphatic heterocycles. The summed E-state index contributed by atoms with van der Waals surface area (Å²) in [7, 11) is 0. The third-order valence-electron chi connectivity index (χ3n) is 3.37. The van der Waals surface area contributed by atoms with Gasteiger partial charge in [-0.15, -0.1) is 11.8 Å². The molecule has 0 bridgehead atoms. The Kier molecular flexibility index (Phi) is 5.90. The number of carbonyl (C=O) groups is 3. The van der Waals surface area contributed by atoms with Crippen LogP contribution in [-0.2, 0) is 9.59 Å². The number of ketones is 1. The van der Waals surface area contributed by atoms with E-state index in [1.807, 2.05) is 6.07 Å². The first kappa shape index (κ1) is 16.9. The lowest BCUT2D eigenvalue weighted by Crippen LogP contribution is -2.55. The van der Waals surface area contributed by atoms with Crippen LogP contribution in [0.2, 0.25) is 0 Å². The predicted octanol–water partition coefficient (Wildman–Crippen LogP) is 1.68. The van der Waals surface area contributed by atoms with Gasteiger partial charge in [-0.2, -0.15) is 11.8 Å². The number of thioether (sulfide) groups is 2. The van der Waals surface area contributed by atoms with Crippen molar-refractivity contribution in [3.8, 4) is 0 Å². The van der Waals surface area contributed by atoms with Gasteiger partial charge in [0.05, 0.1) is 11.5 Å². The van der Waals surface area contributed by atoms with E-state index in [0.717, 1.165) is 5.75 Å². The molecule has 118 valence electrons. The molecule has 1 amide bonds. The molecule has 1 heterocycles. The van der Waals surface area contributed by atoms with E-state index in [-0.39, 0.29) is 23.2 Å². The van der Waals surface area contributed by atoms with Gasteiger partial charge in [0.1, 0.15) is 5.54 Å².